The summed E-state index contributed by atoms with van der Waals surface area (Å²) < 4.78 is 0. The number of nitrogens with zero attached hydrogens (tertiary/aromatic N) is 1. The number of hydrogen-bond donors (Lipinski definition) is 3. The summed E-state index contributed by atoms with van der Waals surface area (Å²) in [5.74, 6) is 0.0889. The molecule has 0 spiro atoms. The molecular weight excluding hydrogens is 206 g/mol. The number of urea groups is 1. The predicted molar refractivity (Wildman–Crippen MR) is 61.6 cm³/mol. The minimum atomic E-state index is -0.164. The molecule has 0 radical (unpaired) electrons. The molecule has 1 aliphatic rings. The molecule has 0 unspecified atom stereocenters. The zero-order valence-corrected chi connectivity index (χ0v) is 8.94. The summed E-state index contributed by atoms with van der Waals surface area (Å²) in [6.45, 7) is 3.02. The normalized spacial score (nSPS) is 15.9. The maximum absolute atomic E-state index is 11.8. The summed E-state index contributed by atoms with van der Waals surface area (Å²) in [4.78, 5) is 13.5. The van der Waals surface area contributed by atoms with E-state index in [-0.39, 0.29) is 11.8 Å². The van der Waals surface area contributed by atoms with Crippen LogP contribution >= 0.6 is 0 Å². The Morgan fingerprint density at radius 2 is 2.00 bits per heavy atom. The molecule has 1 aromatic rings. The van der Waals surface area contributed by atoms with Crippen molar-refractivity contribution in [2.45, 2.75) is 0 Å². The Morgan fingerprint density at radius 1 is 1.31 bits per heavy atom. The highest BCUT2D eigenvalue weighted by molar-refractivity contribution is 5.90. The lowest BCUT2D eigenvalue weighted by Gasteiger charge is -2.27. The topological polar surface area (TPSA) is 64.6 Å². The van der Waals surface area contributed by atoms with E-state index in [1.54, 1.807) is 29.2 Å². The highest BCUT2D eigenvalue weighted by Gasteiger charge is 2.16. The SMILES string of the molecule is O=C(Nc1ccccc1O)N1CCNCC1. The number of nitrogens with one attached hydrogen (secondary N) is 2. The van der Waals surface area contributed by atoms with Crippen molar-refractivity contribution in [3.8, 4) is 5.75 Å². The molecule has 0 aromatic heterocycles. The third-order valence-electron chi connectivity index (χ3n) is 2.55. The lowest BCUT2D eigenvalue weighted by atomic mass is 10.3. The quantitative estimate of drug-likeness (QED) is 0.615. The maximum atomic E-state index is 11.8. The van der Waals surface area contributed by atoms with Crippen LogP contribution in [0, 0.1) is 0 Å². The molecule has 1 fully saturated rings. The minimum absolute atomic E-state index is 0.0889. The van der Waals surface area contributed by atoms with Gasteiger partial charge in [0.2, 0.25) is 0 Å². The van der Waals surface area contributed by atoms with Gasteiger partial charge in [-0.3, -0.25) is 0 Å². The van der Waals surface area contributed by atoms with E-state index in [1.165, 1.54) is 0 Å². The van der Waals surface area contributed by atoms with Gasteiger partial charge in [-0.15, -0.1) is 0 Å². The number of hydrogen-bond acceptors (Lipinski definition) is 3. The van der Waals surface area contributed by atoms with Crippen LogP contribution in [0.15, 0.2) is 24.3 Å². The number of piperazine rings is 1. The number of rotatable bonds is 1. The number of aromatic hydroxyl groups is 1. The molecule has 0 saturated carbocycles. The van der Waals surface area contributed by atoms with Crippen LogP contribution in [0.3, 0.4) is 0 Å². The first kappa shape index (κ1) is 10.8. The van der Waals surface area contributed by atoms with E-state index < -0.39 is 0 Å². The van der Waals surface area contributed by atoms with Crippen LogP contribution in [-0.4, -0.2) is 42.2 Å². The van der Waals surface area contributed by atoms with Crippen molar-refractivity contribution < 1.29 is 9.90 Å². The van der Waals surface area contributed by atoms with E-state index in [0.717, 1.165) is 13.1 Å². The smallest absolute Gasteiger partial charge is 0.322 e. The van der Waals surface area contributed by atoms with Gasteiger partial charge in [0.15, 0.2) is 0 Å². The van der Waals surface area contributed by atoms with Crippen molar-refractivity contribution in [2.75, 3.05) is 31.5 Å². The lowest BCUT2D eigenvalue weighted by Crippen LogP contribution is -2.48. The molecule has 16 heavy (non-hydrogen) atoms. The van der Waals surface area contributed by atoms with Crippen molar-refractivity contribution in [3.05, 3.63) is 24.3 Å². The third-order valence-corrected chi connectivity index (χ3v) is 2.55. The van der Waals surface area contributed by atoms with Gasteiger partial charge < -0.3 is 20.6 Å². The number of carbonyl (C=O) groups excluding carboxylic acids is 1. The van der Waals surface area contributed by atoms with Gasteiger partial charge in [0.1, 0.15) is 5.75 Å². The first-order valence-corrected chi connectivity index (χ1v) is 5.32. The Morgan fingerprint density at radius 3 is 2.69 bits per heavy atom. The Balaban J connectivity index is 1.99. The molecule has 0 atom stereocenters. The van der Waals surface area contributed by atoms with Crippen molar-refractivity contribution in [3.63, 3.8) is 0 Å². The molecule has 2 amide bonds. The van der Waals surface area contributed by atoms with Crippen LogP contribution in [0.5, 0.6) is 5.75 Å². The summed E-state index contributed by atoms with van der Waals surface area (Å²) in [6, 6.07) is 6.55. The van der Waals surface area contributed by atoms with Crippen molar-refractivity contribution in [2.24, 2.45) is 0 Å². The van der Waals surface area contributed by atoms with Gasteiger partial charge in [0, 0.05) is 26.2 Å². The van der Waals surface area contributed by atoms with Gasteiger partial charge in [0.05, 0.1) is 5.69 Å². The van der Waals surface area contributed by atoms with Gasteiger partial charge in [-0.2, -0.15) is 0 Å². The fourth-order valence-corrected chi connectivity index (χ4v) is 1.64. The van der Waals surface area contributed by atoms with Crippen LogP contribution in [0.25, 0.3) is 0 Å². The predicted octanol–water partition coefficient (Wildman–Crippen LogP) is 0.829. The average molecular weight is 221 g/mol. The average Bonchev–Trinajstić information content (AvgIpc) is 2.33. The Bertz CT molecular complexity index is 375. The second kappa shape index (κ2) is 4.85. The molecule has 1 aliphatic heterocycles. The van der Waals surface area contributed by atoms with Crippen LogP contribution in [0.1, 0.15) is 0 Å². The van der Waals surface area contributed by atoms with Gasteiger partial charge in [-0.25, -0.2) is 4.79 Å². The highest BCUT2D eigenvalue weighted by atomic mass is 16.3. The van der Waals surface area contributed by atoms with Gasteiger partial charge in [-0.1, -0.05) is 12.1 Å². The number of amides is 2. The second-order valence-corrected chi connectivity index (χ2v) is 3.68. The molecule has 3 N–H and O–H groups in total. The number of benzene rings is 1. The zero-order valence-electron chi connectivity index (χ0n) is 8.94. The summed E-state index contributed by atoms with van der Waals surface area (Å²) in [5, 5.41) is 15.4. The highest BCUT2D eigenvalue weighted by Crippen LogP contribution is 2.21. The van der Waals surface area contributed by atoms with E-state index in [2.05, 4.69) is 10.6 Å². The lowest BCUT2D eigenvalue weighted by molar-refractivity contribution is 0.203. The number of phenolic OH excluding ortho intramolecular Hbond substituents is 1. The van der Waals surface area contributed by atoms with E-state index in [1.807, 2.05) is 0 Å². The number of phenols is 1. The van der Waals surface area contributed by atoms with E-state index in [0.29, 0.717) is 18.8 Å². The van der Waals surface area contributed by atoms with Crippen molar-refractivity contribution >= 4 is 11.7 Å². The van der Waals surface area contributed by atoms with Crippen LogP contribution < -0.4 is 10.6 Å². The van der Waals surface area contributed by atoms with Gasteiger partial charge in [-0.05, 0) is 12.1 Å². The summed E-state index contributed by atoms with van der Waals surface area (Å²) in [6.07, 6.45) is 0. The number of anilines is 1. The van der Waals surface area contributed by atoms with Crippen LogP contribution in [-0.2, 0) is 0 Å². The fourth-order valence-electron chi connectivity index (χ4n) is 1.64. The molecule has 1 saturated heterocycles. The summed E-state index contributed by atoms with van der Waals surface area (Å²) in [7, 11) is 0. The summed E-state index contributed by atoms with van der Waals surface area (Å²) in [5.41, 5.74) is 0.450. The van der Waals surface area contributed by atoms with E-state index in [9.17, 15) is 9.90 Å². The molecule has 86 valence electrons. The standard InChI is InChI=1S/C11H15N3O2/c15-10-4-2-1-3-9(10)13-11(16)14-7-5-12-6-8-14/h1-4,12,15H,5-8H2,(H,13,16). The first-order chi connectivity index (χ1) is 7.77. The molecule has 0 aliphatic carbocycles. The number of para-hydroxylation sites is 2. The monoisotopic (exact) mass is 221 g/mol. The Kier molecular flexibility index (Phi) is 3.26. The first-order valence-electron chi connectivity index (χ1n) is 5.32. The molecule has 1 heterocycles. The molecule has 5 nitrogen and oxygen atoms in total. The minimum Gasteiger partial charge on any atom is -0.506 e. The van der Waals surface area contributed by atoms with Crippen LogP contribution in [0.2, 0.25) is 0 Å². The van der Waals surface area contributed by atoms with E-state index >= 15 is 0 Å². The van der Waals surface area contributed by atoms with Crippen molar-refractivity contribution in [1.82, 2.24) is 10.2 Å². The molecular formula is C11H15N3O2. The second-order valence-electron chi connectivity index (χ2n) is 3.68. The molecule has 0 bridgehead atoms. The van der Waals surface area contributed by atoms with E-state index in [4.69, 9.17) is 0 Å². The Labute approximate surface area is 94.1 Å². The third kappa shape index (κ3) is 2.43. The van der Waals surface area contributed by atoms with Crippen LogP contribution in [0.4, 0.5) is 10.5 Å². The molecule has 2 rings (SSSR count). The van der Waals surface area contributed by atoms with Gasteiger partial charge >= 0.3 is 6.03 Å². The van der Waals surface area contributed by atoms with Crippen molar-refractivity contribution in [1.29, 1.82) is 0 Å². The molecule has 5 heteroatoms. The largest absolute Gasteiger partial charge is 0.506 e. The maximum Gasteiger partial charge on any atom is 0.322 e. The van der Waals surface area contributed by atoms with Gasteiger partial charge in [0.25, 0.3) is 0 Å². The Hall–Kier alpha value is -1.75. The molecule has 1 aromatic carbocycles. The number of carbonyl (C=O) groups is 1. The fraction of sp³-hybridized carbons (Fsp3) is 0.364. The zero-order chi connectivity index (χ0) is 11.4. The summed E-state index contributed by atoms with van der Waals surface area (Å²) >= 11 is 0.